The fraction of sp³-hybridized carbons (Fsp3) is 0.526. The van der Waals surface area contributed by atoms with Crippen molar-refractivity contribution in [3.63, 3.8) is 0 Å². The highest BCUT2D eigenvalue weighted by Gasteiger charge is 2.21. The normalized spacial score (nSPS) is 22.7. The summed E-state index contributed by atoms with van der Waals surface area (Å²) in [7, 11) is 0. The van der Waals surface area contributed by atoms with Crippen LogP contribution in [0.4, 0.5) is 0 Å². The molecule has 1 amide bonds. The Hall–Kier alpha value is -1.57. The Morgan fingerprint density at radius 3 is 2.48 bits per heavy atom. The van der Waals surface area contributed by atoms with E-state index in [1.807, 2.05) is 6.08 Å². The van der Waals surface area contributed by atoms with Gasteiger partial charge in [0.05, 0.1) is 0 Å². The second kappa shape index (κ2) is 7.44. The quantitative estimate of drug-likeness (QED) is 0.810. The molecule has 1 fully saturated rings. The molecule has 0 spiro atoms. The van der Waals surface area contributed by atoms with Crippen molar-refractivity contribution < 1.29 is 4.79 Å². The third-order valence-corrected chi connectivity index (χ3v) is 4.47. The number of benzene rings is 1. The van der Waals surface area contributed by atoms with Gasteiger partial charge >= 0.3 is 0 Å². The highest BCUT2D eigenvalue weighted by Crippen LogP contribution is 2.23. The summed E-state index contributed by atoms with van der Waals surface area (Å²) < 4.78 is 0. The lowest BCUT2D eigenvalue weighted by Gasteiger charge is -2.29. The highest BCUT2D eigenvalue weighted by atomic mass is 16.1. The van der Waals surface area contributed by atoms with Gasteiger partial charge in [-0.05, 0) is 41.9 Å². The van der Waals surface area contributed by atoms with E-state index >= 15 is 0 Å². The van der Waals surface area contributed by atoms with Gasteiger partial charge in [0.25, 0.3) is 0 Å². The minimum absolute atomic E-state index is 0.0293. The first kappa shape index (κ1) is 15.8. The SMILES string of the molecule is CC(C)c1ccc(/C=C/C(=O)N[C@@H]2CCCC[C@@H]2C)cc1. The van der Waals surface area contributed by atoms with Crippen molar-refractivity contribution in [3.05, 3.63) is 41.5 Å². The molecule has 2 nitrogen and oxygen atoms in total. The van der Waals surface area contributed by atoms with Crippen LogP contribution >= 0.6 is 0 Å². The van der Waals surface area contributed by atoms with Crippen LogP contribution in [0, 0.1) is 5.92 Å². The van der Waals surface area contributed by atoms with Crippen LogP contribution in [0.25, 0.3) is 6.08 Å². The fourth-order valence-corrected chi connectivity index (χ4v) is 2.93. The van der Waals surface area contributed by atoms with Crippen molar-refractivity contribution >= 4 is 12.0 Å². The molecule has 1 N–H and O–H groups in total. The van der Waals surface area contributed by atoms with Gasteiger partial charge < -0.3 is 5.32 Å². The zero-order valence-electron chi connectivity index (χ0n) is 13.4. The van der Waals surface area contributed by atoms with Gasteiger partial charge in [0, 0.05) is 12.1 Å². The van der Waals surface area contributed by atoms with Crippen molar-refractivity contribution in [2.24, 2.45) is 5.92 Å². The number of hydrogen-bond donors (Lipinski definition) is 1. The highest BCUT2D eigenvalue weighted by molar-refractivity contribution is 5.91. The molecule has 0 aliphatic heterocycles. The molecule has 0 unspecified atom stereocenters. The molecule has 2 rings (SSSR count). The zero-order valence-corrected chi connectivity index (χ0v) is 13.4. The molecular formula is C19H27NO. The predicted molar refractivity (Wildman–Crippen MR) is 89.1 cm³/mol. The van der Waals surface area contributed by atoms with E-state index in [2.05, 4.69) is 50.4 Å². The van der Waals surface area contributed by atoms with Crippen LogP contribution < -0.4 is 5.32 Å². The van der Waals surface area contributed by atoms with Crippen LogP contribution in [-0.2, 0) is 4.79 Å². The topological polar surface area (TPSA) is 29.1 Å². The number of rotatable bonds is 4. The minimum atomic E-state index is 0.0293. The van der Waals surface area contributed by atoms with E-state index in [4.69, 9.17) is 0 Å². The van der Waals surface area contributed by atoms with Crippen LogP contribution in [-0.4, -0.2) is 11.9 Å². The van der Waals surface area contributed by atoms with Crippen LogP contribution in [0.2, 0.25) is 0 Å². The summed E-state index contributed by atoms with van der Waals surface area (Å²) in [5.41, 5.74) is 2.40. The van der Waals surface area contributed by atoms with Gasteiger partial charge in [-0.25, -0.2) is 0 Å². The summed E-state index contributed by atoms with van der Waals surface area (Å²) in [5.74, 6) is 1.17. The summed E-state index contributed by atoms with van der Waals surface area (Å²) in [4.78, 5) is 12.0. The zero-order chi connectivity index (χ0) is 15.2. The molecule has 0 heterocycles. The van der Waals surface area contributed by atoms with E-state index in [1.54, 1.807) is 6.08 Å². The van der Waals surface area contributed by atoms with Gasteiger partial charge in [0.2, 0.25) is 5.91 Å². The maximum atomic E-state index is 12.0. The number of carbonyl (C=O) groups is 1. The standard InChI is InChI=1S/C19H27NO/c1-14(2)17-11-8-16(9-12-17)10-13-19(21)20-18-7-5-4-6-15(18)3/h8-15,18H,4-7H2,1-3H3,(H,20,21)/b13-10+/t15-,18+/m0/s1. The van der Waals surface area contributed by atoms with Crippen molar-refractivity contribution in [2.45, 2.75) is 58.4 Å². The number of carbonyl (C=O) groups excluding carboxylic acids is 1. The second-order valence-corrected chi connectivity index (χ2v) is 6.53. The Morgan fingerprint density at radius 1 is 1.19 bits per heavy atom. The maximum Gasteiger partial charge on any atom is 0.244 e. The number of amides is 1. The monoisotopic (exact) mass is 285 g/mol. The Kier molecular flexibility index (Phi) is 5.60. The first-order chi connectivity index (χ1) is 10.1. The van der Waals surface area contributed by atoms with Gasteiger partial charge in [0.1, 0.15) is 0 Å². The third kappa shape index (κ3) is 4.73. The molecule has 1 aliphatic carbocycles. The van der Waals surface area contributed by atoms with Crippen LogP contribution in [0.15, 0.2) is 30.3 Å². The van der Waals surface area contributed by atoms with Crippen molar-refractivity contribution in [1.82, 2.24) is 5.32 Å². The number of hydrogen-bond acceptors (Lipinski definition) is 1. The third-order valence-electron chi connectivity index (χ3n) is 4.47. The molecule has 114 valence electrons. The lowest BCUT2D eigenvalue weighted by atomic mass is 9.86. The molecule has 1 saturated carbocycles. The first-order valence-corrected chi connectivity index (χ1v) is 8.15. The van der Waals surface area contributed by atoms with Crippen molar-refractivity contribution in [2.75, 3.05) is 0 Å². The summed E-state index contributed by atoms with van der Waals surface area (Å²) >= 11 is 0. The van der Waals surface area contributed by atoms with Crippen molar-refractivity contribution in [1.29, 1.82) is 0 Å². The summed E-state index contributed by atoms with van der Waals surface area (Å²) in [6, 6.07) is 8.75. The molecule has 0 bridgehead atoms. The average molecular weight is 285 g/mol. The van der Waals surface area contributed by atoms with Gasteiger partial charge in [-0.15, -0.1) is 0 Å². The van der Waals surface area contributed by atoms with E-state index in [9.17, 15) is 4.79 Å². The molecule has 2 heteroatoms. The van der Waals surface area contributed by atoms with Gasteiger partial charge in [-0.3, -0.25) is 4.79 Å². The largest absolute Gasteiger partial charge is 0.350 e. The Labute approximate surface area is 128 Å². The van der Waals surface area contributed by atoms with E-state index in [0.29, 0.717) is 17.9 Å². The van der Waals surface area contributed by atoms with Crippen LogP contribution in [0.5, 0.6) is 0 Å². The smallest absolute Gasteiger partial charge is 0.244 e. The molecular weight excluding hydrogens is 258 g/mol. The number of nitrogens with one attached hydrogen (secondary N) is 1. The summed E-state index contributed by atoms with van der Waals surface area (Å²) in [6.45, 7) is 6.60. The molecule has 2 atom stereocenters. The maximum absolute atomic E-state index is 12.0. The molecule has 1 aliphatic rings. The van der Waals surface area contributed by atoms with Gasteiger partial charge in [-0.2, -0.15) is 0 Å². The van der Waals surface area contributed by atoms with Gasteiger partial charge in [-0.1, -0.05) is 57.9 Å². The summed E-state index contributed by atoms with van der Waals surface area (Å²) in [5, 5.41) is 3.14. The fourth-order valence-electron chi connectivity index (χ4n) is 2.93. The molecule has 0 saturated heterocycles. The summed E-state index contributed by atoms with van der Waals surface area (Å²) in [6.07, 6.45) is 8.43. The van der Waals surface area contributed by atoms with E-state index in [-0.39, 0.29) is 5.91 Å². The van der Waals surface area contributed by atoms with Crippen LogP contribution in [0.3, 0.4) is 0 Å². The Balaban J connectivity index is 1.89. The van der Waals surface area contributed by atoms with Crippen LogP contribution in [0.1, 0.15) is 63.5 Å². The second-order valence-electron chi connectivity index (χ2n) is 6.53. The molecule has 1 aromatic carbocycles. The van der Waals surface area contributed by atoms with E-state index < -0.39 is 0 Å². The predicted octanol–water partition coefficient (Wildman–Crippen LogP) is 4.52. The molecule has 21 heavy (non-hydrogen) atoms. The lowest BCUT2D eigenvalue weighted by Crippen LogP contribution is -2.40. The minimum Gasteiger partial charge on any atom is -0.350 e. The lowest BCUT2D eigenvalue weighted by molar-refractivity contribution is -0.117. The van der Waals surface area contributed by atoms with E-state index in [1.165, 1.54) is 24.8 Å². The first-order valence-electron chi connectivity index (χ1n) is 8.15. The molecule has 0 aromatic heterocycles. The Morgan fingerprint density at radius 2 is 1.86 bits per heavy atom. The molecule has 0 radical (unpaired) electrons. The van der Waals surface area contributed by atoms with Crippen molar-refractivity contribution in [3.8, 4) is 0 Å². The van der Waals surface area contributed by atoms with E-state index in [0.717, 1.165) is 12.0 Å². The average Bonchev–Trinajstić information content (AvgIpc) is 2.48. The Bertz CT molecular complexity index is 487. The molecule has 1 aromatic rings. The van der Waals surface area contributed by atoms with Gasteiger partial charge in [0.15, 0.2) is 0 Å².